The summed E-state index contributed by atoms with van der Waals surface area (Å²) in [5.74, 6) is 0.433. The van der Waals surface area contributed by atoms with Gasteiger partial charge in [-0.05, 0) is 12.5 Å². The fraction of sp³-hybridized carbons (Fsp3) is 0.250. The molecular weight excluding hydrogens is 154 g/mol. The molecule has 0 radical (unpaired) electrons. The molecule has 0 saturated carbocycles. The van der Waals surface area contributed by atoms with Gasteiger partial charge in [0.1, 0.15) is 0 Å². The van der Waals surface area contributed by atoms with Crippen LogP contribution in [0.1, 0.15) is 12.6 Å². The molecule has 0 bridgehead atoms. The third-order valence-electron chi connectivity index (χ3n) is 1.82. The lowest BCUT2D eigenvalue weighted by molar-refractivity contribution is 0.457. The van der Waals surface area contributed by atoms with Crippen LogP contribution in [0.25, 0.3) is 11.0 Å². The zero-order chi connectivity index (χ0) is 8.55. The second-order valence-corrected chi connectivity index (χ2v) is 2.56. The van der Waals surface area contributed by atoms with Crippen molar-refractivity contribution in [2.24, 2.45) is 0 Å². The van der Waals surface area contributed by atoms with Gasteiger partial charge in [0.25, 0.3) is 0 Å². The molecule has 2 aromatic rings. The number of hydrogen-bond acceptors (Lipinski definition) is 4. The van der Waals surface area contributed by atoms with Crippen molar-refractivity contribution in [2.75, 3.05) is 5.73 Å². The third-order valence-corrected chi connectivity index (χ3v) is 1.82. The Kier molecular flexibility index (Phi) is 1.46. The Morgan fingerprint density at radius 1 is 1.58 bits per heavy atom. The largest absolute Gasteiger partial charge is 0.380 e. The predicted octanol–water partition coefficient (Wildman–Crippen LogP) is 1.37. The van der Waals surface area contributed by atoms with Gasteiger partial charge < -0.3 is 10.3 Å². The fourth-order valence-electron chi connectivity index (χ4n) is 1.19. The van der Waals surface area contributed by atoms with E-state index < -0.39 is 0 Å². The van der Waals surface area contributed by atoms with Crippen LogP contribution < -0.4 is 5.73 Å². The highest BCUT2D eigenvalue weighted by Gasteiger charge is 2.08. The molecule has 0 fully saturated rings. The smallest absolute Gasteiger partial charge is 0.190 e. The number of fused-ring (bicyclic) bond motifs is 1. The van der Waals surface area contributed by atoms with Crippen molar-refractivity contribution in [3.63, 3.8) is 0 Å². The van der Waals surface area contributed by atoms with Crippen molar-refractivity contribution in [1.29, 1.82) is 0 Å². The van der Waals surface area contributed by atoms with E-state index in [2.05, 4.69) is 10.1 Å². The molecule has 2 N–H and O–H groups in total. The van der Waals surface area contributed by atoms with Gasteiger partial charge in [0.15, 0.2) is 11.4 Å². The Morgan fingerprint density at radius 2 is 2.42 bits per heavy atom. The Labute approximate surface area is 69.4 Å². The first kappa shape index (κ1) is 7.09. The molecule has 0 atom stereocenters. The third kappa shape index (κ3) is 0.845. The van der Waals surface area contributed by atoms with Gasteiger partial charge in [0.05, 0.1) is 11.1 Å². The quantitative estimate of drug-likeness (QED) is 0.689. The van der Waals surface area contributed by atoms with Crippen LogP contribution in [0.2, 0.25) is 0 Å². The number of rotatable bonds is 1. The summed E-state index contributed by atoms with van der Waals surface area (Å²) in [5, 5.41) is 4.52. The molecule has 0 saturated heterocycles. The van der Waals surface area contributed by atoms with Gasteiger partial charge in [-0.3, -0.25) is 4.98 Å². The Hall–Kier alpha value is -1.58. The van der Waals surface area contributed by atoms with Gasteiger partial charge in [-0.15, -0.1) is 0 Å². The molecule has 0 aliphatic heterocycles. The average molecular weight is 163 g/mol. The lowest BCUT2D eigenvalue weighted by Gasteiger charge is -1.93. The van der Waals surface area contributed by atoms with E-state index in [4.69, 9.17) is 10.3 Å². The number of nitrogen functional groups attached to an aromatic ring is 1. The zero-order valence-corrected chi connectivity index (χ0v) is 6.74. The second kappa shape index (κ2) is 2.48. The molecule has 0 aliphatic carbocycles. The van der Waals surface area contributed by atoms with E-state index in [1.165, 1.54) is 0 Å². The minimum absolute atomic E-state index is 0.433. The molecule has 0 aromatic carbocycles. The van der Waals surface area contributed by atoms with Crippen LogP contribution in [0.3, 0.4) is 0 Å². The van der Waals surface area contributed by atoms with Crippen LogP contribution in [0, 0.1) is 0 Å². The first-order chi connectivity index (χ1) is 5.83. The maximum absolute atomic E-state index is 5.57. The summed E-state index contributed by atoms with van der Waals surface area (Å²) >= 11 is 0. The van der Waals surface area contributed by atoms with Crippen LogP contribution >= 0.6 is 0 Å². The summed E-state index contributed by atoms with van der Waals surface area (Å²) in [4.78, 5) is 4.15. The number of aromatic nitrogens is 2. The first-order valence-electron chi connectivity index (χ1n) is 3.81. The summed E-state index contributed by atoms with van der Waals surface area (Å²) in [6.45, 7) is 2.01. The van der Waals surface area contributed by atoms with Crippen molar-refractivity contribution in [3.8, 4) is 0 Å². The van der Waals surface area contributed by atoms with Gasteiger partial charge in [-0.1, -0.05) is 12.1 Å². The van der Waals surface area contributed by atoms with E-state index >= 15 is 0 Å². The Morgan fingerprint density at radius 3 is 3.17 bits per heavy atom. The van der Waals surface area contributed by atoms with E-state index in [1.807, 2.05) is 6.92 Å². The van der Waals surface area contributed by atoms with Gasteiger partial charge in [-0.2, -0.15) is 0 Å². The highest BCUT2D eigenvalue weighted by Crippen LogP contribution is 2.21. The fourth-order valence-corrected chi connectivity index (χ4v) is 1.19. The number of aryl methyl sites for hydroxylation is 1. The van der Waals surface area contributed by atoms with Crippen molar-refractivity contribution in [1.82, 2.24) is 10.1 Å². The monoisotopic (exact) mass is 163 g/mol. The molecule has 0 unspecified atom stereocenters. The molecular formula is C8H9N3O. The number of hydrogen-bond donors (Lipinski definition) is 1. The standard InChI is InChI=1S/C8H9N3O/c1-2-6-7-5(3-4-10-6)8(9)11-12-7/h3-4H,2H2,1H3,(H2,9,11). The van der Waals surface area contributed by atoms with Gasteiger partial charge in [-0.25, -0.2) is 0 Å². The van der Waals surface area contributed by atoms with E-state index in [1.54, 1.807) is 12.3 Å². The molecule has 2 rings (SSSR count). The van der Waals surface area contributed by atoms with Crippen LogP contribution in [-0.2, 0) is 6.42 Å². The summed E-state index contributed by atoms with van der Waals surface area (Å²) in [6, 6.07) is 1.81. The predicted molar refractivity (Wildman–Crippen MR) is 45.6 cm³/mol. The number of pyridine rings is 1. The molecule has 4 heteroatoms. The molecule has 0 aliphatic rings. The van der Waals surface area contributed by atoms with E-state index in [9.17, 15) is 0 Å². The molecule has 12 heavy (non-hydrogen) atoms. The van der Waals surface area contributed by atoms with E-state index in [0.717, 1.165) is 17.5 Å². The van der Waals surface area contributed by atoms with Crippen LogP contribution in [-0.4, -0.2) is 10.1 Å². The summed E-state index contributed by atoms with van der Waals surface area (Å²) in [7, 11) is 0. The van der Waals surface area contributed by atoms with E-state index in [0.29, 0.717) is 11.4 Å². The van der Waals surface area contributed by atoms with E-state index in [-0.39, 0.29) is 0 Å². The highest BCUT2D eigenvalue weighted by atomic mass is 16.5. The molecule has 2 heterocycles. The lowest BCUT2D eigenvalue weighted by atomic mass is 10.2. The minimum Gasteiger partial charge on any atom is -0.380 e. The van der Waals surface area contributed by atoms with Crippen LogP contribution in [0.4, 0.5) is 5.82 Å². The molecule has 62 valence electrons. The molecule has 0 amide bonds. The van der Waals surface area contributed by atoms with Crippen molar-refractivity contribution in [3.05, 3.63) is 18.0 Å². The Balaban J connectivity index is 2.81. The SMILES string of the molecule is CCc1nccc2c(N)noc12. The topological polar surface area (TPSA) is 64.9 Å². The van der Waals surface area contributed by atoms with Crippen molar-refractivity contribution < 1.29 is 4.52 Å². The van der Waals surface area contributed by atoms with Gasteiger partial charge >= 0.3 is 0 Å². The van der Waals surface area contributed by atoms with Crippen molar-refractivity contribution >= 4 is 16.8 Å². The van der Waals surface area contributed by atoms with Crippen LogP contribution in [0.5, 0.6) is 0 Å². The summed E-state index contributed by atoms with van der Waals surface area (Å²) in [5.41, 5.74) is 7.17. The minimum atomic E-state index is 0.433. The lowest BCUT2D eigenvalue weighted by Crippen LogP contribution is -1.87. The number of anilines is 1. The van der Waals surface area contributed by atoms with Gasteiger partial charge in [0.2, 0.25) is 0 Å². The second-order valence-electron chi connectivity index (χ2n) is 2.56. The molecule has 2 aromatic heterocycles. The normalized spacial score (nSPS) is 10.8. The zero-order valence-electron chi connectivity index (χ0n) is 6.74. The maximum Gasteiger partial charge on any atom is 0.190 e. The number of nitrogens with two attached hydrogens (primary N) is 1. The highest BCUT2D eigenvalue weighted by molar-refractivity contribution is 5.87. The average Bonchev–Trinajstić information content (AvgIpc) is 2.48. The summed E-state index contributed by atoms with van der Waals surface area (Å²) < 4.78 is 5.03. The molecule has 0 spiro atoms. The summed E-state index contributed by atoms with van der Waals surface area (Å²) in [6.07, 6.45) is 2.54. The van der Waals surface area contributed by atoms with Crippen molar-refractivity contribution in [2.45, 2.75) is 13.3 Å². The van der Waals surface area contributed by atoms with Crippen LogP contribution in [0.15, 0.2) is 16.8 Å². The van der Waals surface area contributed by atoms with Gasteiger partial charge in [0, 0.05) is 6.20 Å². The maximum atomic E-state index is 5.57. The first-order valence-corrected chi connectivity index (χ1v) is 3.81. The Bertz CT molecular complexity index is 408. The number of nitrogens with zero attached hydrogens (tertiary/aromatic N) is 2. The molecule has 4 nitrogen and oxygen atoms in total.